The van der Waals surface area contributed by atoms with Crippen molar-refractivity contribution in [3.8, 4) is 0 Å². The Kier molecular flexibility index (Phi) is 4.05. The minimum atomic E-state index is 0. The molecule has 2 fully saturated rings. The highest BCUT2D eigenvalue weighted by atomic mass is 35.5. The maximum atomic E-state index is 1.56. The summed E-state index contributed by atoms with van der Waals surface area (Å²) in [6.45, 7) is 0. The Labute approximate surface area is 75.6 Å². The first-order valence-corrected chi connectivity index (χ1v) is 3.91. The zero-order chi connectivity index (χ0) is 5.45. The third-order valence-corrected chi connectivity index (χ3v) is 2.87. The third-order valence-electron chi connectivity index (χ3n) is 2.87. The molecule has 0 radical (unpaired) electrons. The normalized spacial score (nSPS) is 26.4. The van der Waals surface area contributed by atoms with Crippen molar-refractivity contribution in [1.82, 2.24) is 0 Å². The monoisotopic (exact) mass is 182 g/mol. The van der Waals surface area contributed by atoms with Crippen LogP contribution in [0.3, 0.4) is 0 Å². The van der Waals surface area contributed by atoms with E-state index in [-0.39, 0.29) is 24.8 Å². The molecule has 2 aliphatic carbocycles. The summed E-state index contributed by atoms with van der Waals surface area (Å²) in [6.07, 6.45) is 10.8. The summed E-state index contributed by atoms with van der Waals surface area (Å²) >= 11 is 0. The van der Waals surface area contributed by atoms with Crippen LogP contribution in [0.15, 0.2) is 0 Å². The lowest BCUT2D eigenvalue weighted by Crippen LogP contribution is -2.05. The van der Waals surface area contributed by atoms with Crippen LogP contribution in [0.5, 0.6) is 0 Å². The van der Waals surface area contributed by atoms with E-state index in [1.165, 1.54) is 19.3 Å². The number of halogens is 2. The second kappa shape index (κ2) is 3.82. The van der Waals surface area contributed by atoms with Crippen molar-refractivity contribution >= 4 is 24.8 Å². The van der Waals surface area contributed by atoms with Crippen molar-refractivity contribution in [1.29, 1.82) is 0 Å². The van der Waals surface area contributed by atoms with Crippen LogP contribution >= 0.6 is 24.8 Å². The topological polar surface area (TPSA) is 0 Å². The molecule has 0 amide bonds. The molecule has 1 spiro atoms. The van der Waals surface area contributed by atoms with Gasteiger partial charge < -0.3 is 0 Å². The lowest BCUT2D eigenvalue weighted by molar-refractivity contribution is 0.337. The maximum absolute atomic E-state index is 1.56. The fraction of sp³-hybridized carbons (Fsp3) is 1.00. The van der Waals surface area contributed by atoms with Gasteiger partial charge >= 0.3 is 0 Å². The molecule has 62 valence electrons. The first-order valence-electron chi connectivity index (χ1n) is 3.91. The largest absolute Gasteiger partial charge is 0.147 e. The van der Waals surface area contributed by atoms with Crippen molar-refractivity contribution in [3.63, 3.8) is 0 Å². The maximum Gasteiger partial charge on any atom is -0.0297 e. The predicted molar refractivity (Wildman–Crippen MR) is 49.2 cm³/mol. The summed E-state index contributed by atoms with van der Waals surface area (Å²) in [4.78, 5) is 0. The van der Waals surface area contributed by atoms with Gasteiger partial charge in [0.25, 0.3) is 0 Å². The fourth-order valence-electron chi connectivity index (χ4n) is 1.98. The molecule has 2 saturated carbocycles. The molecule has 2 aliphatic rings. The Morgan fingerprint density at radius 3 is 1.40 bits per heavy atom. The van der Waals surface area contributed by atoms with E-state index in [1.807, 2.05) is 0 Å². The van der Waals surface area contributed by atoms with Crippen molar-refractivity contribution in [3.05, 3.63) is 0 Å². The molecular weight excluding hydrogens is 167 g/mol. The van der Waals surface area contributed by atoms with Gasteiger partial charge in [-0.05, 0) is 31.1 Å². The molecule has 0 atom stereocenters. The highest BCUT2D eigenvalue weighted by molar-refractivity contribution is 5.85. The van der Waals surface area contributed by atoms with Crippen LogP contribution in [0.4, 0.5) is 0 Å². The number of rotatable bonds is 0. The summed E-state index contributed by atoms with van der Waals surface area (Å²) < 4.78 is 0. The average molecular weight is 183 g/mol. The van der Waals surface area contributed by atoms with Gasteiger partial charge in [-0.25, -0.2) is 0 Å². The second-order valence-corrected chi connectivity index (χ2v) is 3.56. The van der Waals surface area contributed by atoms with E-state index in [9.17, 15) is 0 Å². The van der Waals surface area contributed by atoms with E-state index < -0.39 is 0 Å². The van der Waals surface area contributed by atoms with Gasteiger partial charge in [-0.3, -0.25) is 0 Å². The van der Waals surface area contributed by atoms with Gasteiger partial charge in [-0.15, -0.1) is 24.8 Å². The molecule has 0 heterocycles. The Morgan fingerprint density at radius 1 is 0.600 bits per heavy atom. The van der Waals surface area contributed by atoms with E-state index in [1.54, 1.807) is 25.7 Å². The van der Waals surface area contributed by atoms with Gasteiger partial charge in [0.2, 0.25) is 0 Å². The van der Waals surface area contributed by atoms with Crippen molar-refractivity contribution in [2.24, 2.45) is 5.41 Å². The zero-order valence-electron chi connectivity index (χ0n) is 6.27. The van der Waals surface area contributed by atoms with Gasteiger partial charge in [0.05, 0.1) is 0 Å². The molecule has 0 aromatic carbocycles. The molecule has 0 unspecified atom stereocenters. The molecule has 0 bridgehead atoms. The van der Waals surface area contributed by atoms with Gasteiger partial charge in [0.15, 0.2) is 0 Å². The summed E-state index contributed by atoms with van der Waals surface area (Å²) in [6, 6.07) is 0. The van der Waals surface area contributed by atoms with Crippen LogP contribution < -0.4 is 0 Å². The fourth-order valence-corrected chi connectivity index (χ4v) is 1.98. The minimum absolute atomic E-state index is 0. The lowest BCUT2D eigenvalue weighted by Gasteiger charge is -2.19. The van der Waals surface area contributed by atoms with E-state index in [2.05, 4.69) is 0 Å². The van der Waals surface area contributed by atoms with Gasteiger partial charge in [-0.2, -0.15) is 0 Å². The smallest absolute Gasteiger partial charge is 0.0297 e. The molecule has 10 heavy (non-hydrogen) atoms. The molecule has 0 aromatic heterocycles. The highest BCUT2D eigenvalue weighted by Gasteiger charge is 2.42. The molecule has 0 aliphatic heterocycles. The highest BCUT2D eigenvalue weighted by Crippen LogP contribution is 2.55. The number of hydrogen-bond acceptors (Lipinski definition) is 0. The molecule has 0 aromatic rings. The minimum Gasteiger partial charge on any atom is -0.147 e. The molecule has 0 saturated heterocycles. The molecular formula is C8H16Cl2. The van der Waals surface area contributed by atoms with Crippen LogP contribution in [-0.4, -0.2) is 0 Å². The summed E-state index contributed by atoms with van der Waals surface area (Å²) in [5, 5.41) is 0. The third kappa shape index (κ3) is 2.03. The molecule has 0 nitrogen and oxygen atoms in total. The predicted octanol–water partition coefficient (Wildman–Crippen LogP) is 3.57. The van der Waals surface area contributed by atoms with Gasteiger partial charge in [-0.1, -0.05) is 19.3 Å². The quantitative estimate of drug-likeness (QED) is 0.538. The first kappa shape index (κ1) is 10.6. The van der Waals surface area contributed by atoms with Crippen LogP contribution in [0, 0.1) is 5.41 Å². The standard InChI is InChI=1S/C8H14.2ClH/c1-2-4-8(5-3-1)6-7-8;;/h1-7H2;2*1H. The Bertz CT molecular complexity index is 89.4. The van der Waals surface area contributed by atoms with Crippen LogP contribution in [0.2, 0.25) is 0 Å². The summed E-state index contributed by atoms with van der Waals surface area (Å²) in [5.74, 6) is 0. The van der Waals surface area contributed by atoms with E-state index >= 15 is 0 Å². The van der Waals surface area contributed by atoms with E-state index in [0.29, 0.717) is 0 Å². The Balaban J connectivity index is 0.000000405. The molecule has 2 rings (SSSR count). The average Bonchev–Trinajstić information content (AvgIpc) is 2.52. The van der Waals surface area contributed by atoms with Gasteiger partial charge in [0.1, 0.15) is 0 Å². The SMILES string of the molecule is C1CCC2(CC1)CC2.Cl.Cl. The zero-order valence-corrected chi connectivity index (χ0v) is 7.90. The van der Waals surface area contributed by atoms with Gasteiger partial charge in [0, 0.05) is 0 Å². The molecule has 2 heteroatoms. The van der Waals surface area contributed by atoms with Crippen molar-refractivity contribution < 1.29 is 0 Å². The summed E-state index contributed by atoms with van der Waals surface area (Å²) in [5.41, 5.74) is 0.929. The van der Waals surface area contributed by atoms with Crippen LogP contribution in [-0.2, 0) is 0 Å². The Hall–Kier alpha value is 0.580. The van der Waals surface area contributed by atoms with Crippen molar-refractivity contribution in [2.45, 2.75) is 44.9 Å². The van der Waals surface area contributed by atoms with E-state index in [0.717, 1.165) is 5.41 Å². The van der Waals surface area contributed by atoms with Crippen LogP contribution in [0.1, 0.15) is 44.9 Å². The Morgan fingerprint density at radius 2 is 1.10 bits per heavy atom. The van der Waals surface area contributed by atoms with Crippen LogP contribution in [0.25, 0.3) is 0 Å². The summed E-state index contributed by atoms with van der Waals surface area (Å²) in [7, 11) is 0. The second-order valence-electron chi connectivity index (χ2n) is 3.56. The number of hydrogen-bond donors (Lipinski definition) is 0. The van der Waals surface area contributed by atoms with Crippen molar-refractivity contribution in [2.75, 3.05) is 0 Å². The lowest BCUT2D eigenvalue weighted by atomic mass is 9.87. The first-order chi connectivity index (χ1) is 3.91. The van der Waals surface area contributed by atoms with E-state index in [4.69, 9.17) is 0 Å². The molecule has 0 N–H and O–H groups in total.